The molecule has 1 heterocycles. The number of benzene rings is 2. The molecule has 0 aliphatic carbocycles. The molecule has 3 aromatic rings. The third-order valence-corrected chi connectivity index (χ3v) is 4.56. The fourth-order valence-electron chi connectivity index (χ4n) is 3.07. The molecule has 0 aliphatic heterocycles. The van der Waals surface area contributed by atoms with E-state index in [9.17, 15) is 23.1 Å². The van der Waals surface area contributed by atoms with Crippen molar-refractivity contribution in [2.45, 2.75) is 20.1 Å². The molecule has 2 aromatic carbocycles. The number of phenolic OH excluding ortho intramolecular Hbond substituents is 1. The summed E-state index contributed by atoms with van der Waals surface area (Å²) in [6.45, 7) is 1.60. The maximum absolute atomic E-state index is 13.7. The van der Waals surface area contributed by atoms with Gasteiger partial charge in [0.25, 0.3) is 5.56 Å². The zero-order valence-corrected chi connectivity index (χ0v) is 17.0. The van der Waals surface area contributed by atoms with E-state index in [1.807, 2.05) is 0 Å². The van der Waals surface area contributed by atoms with E-state index in [4.69, 9.17) is 9.47 Å². The lowest BCUT2D eigenvalue weighted by Crippen LogP contribution is -2.21. The van der Waals surface area contributed by atoms with Gasteiger partial charge in [-0.05, 0) is 36.2 Å². The number of methoxy groups -OCH3 is 2. The summed E-state index contributed by atoms with van der Waals surface area (Å²) in [5.74, 6) is -4.04. The summed E-state index contributed by atoms with van der Waals surface area (Å²) in [5, 5.41) is 12.9. The van der Waals surface area contributed by atoms with Gasteiger partial charge in [0.2, 0.25) is 5.95 Å². The van der Waals surface area contributed by atoms with Gasteiger partial charge in [0.15, 0.2) is 29.0 Å². The van der Waals surface area contributed by atoms with Crippen LogP contribution in [0, 0.1) is 24.4 Å². The van der Waals surface area contributed by atoms with Crippen molar-refractivity contribution in [3.8, 4) is 11.5 Å². The number of nitrogens with zero attached hydrogens (tertiary/aromatic N) is 2. The number of halogens is 3. The fourth-order valence-corrected chi connectivity index (χ4v) is 3.07. The summed E-state index contributed by atoms with van der Waals surface area (Å²) in [7, 11) is 2.81. The SMILES string of the molecule is COCc1cc(=O)nc(Nc2cc(OC)c(O)cc2C)n1Cc1cc(F)c(F)c(F)c1. The van der Waals surface area contributed by atoms with Crippen LogP contribution in [0.2, 0.25) is 0 Å². The molecule has 10 heteroatoms. The highest BCUT2D eigenvalue weighted by Crippen LogP contribution is 2.33. The number of ether oxygens (including phenoxy) is 2. The van der Waals surface area contributed by atoms with Crippen LogP contribution in [-0.2, 0) is 17.9 Å². The van der Waals surface area contributed by atoms with Crippen LogP contribution < -0.4 is 15.6 Å². The molecule has 0 bridgehead atoms. The Morgan fingerprint density at radius 1 is 1.10 bits per heavy atom. The number of phenols is 1. The number of rotatable bonds is 7. The molecule has 0 aliphatic rings. The summed E-state index contributed by atoms with van der Waals surface area (Å²) in [5.41, 5.74) is 1.02. The van der Waals surface area contributed by atoms with E-state index in [0.29, 0.717) is 16.9 Å². The van der Waals surface area contributed by atoms with Crippen molar-refractivity contribution in [1.82, 2.24) is 9.55 Å². The van der Waals surface area contributed by atoms with E-state index in [0.717, 1.165) is 12.1 Å². The number of nitrogens with one attached hydrogen (secondary N) is 1. The molecular formula is C21H20F3N3O4. The Balaban J connectivity index is 2.11. The number of hydrogen-bond acceptors (Lipinski definition) is 6. The Morgan fingerprint density at radius 2 is 1.77 bits per heavy atom. The van der Waals surface area contributed by atoms with Gasteiger partial charge >= 0.3 is 0 Å². The monoisotopic (exact) mass is 435 g/mol. The molecule has 164 valence electrons. The number of aryl methyl sites for hydroxylation is 1. The number of anilines is 2. The van der Waals surface area contributed by atoms with Crippen molar-refractivity contribution < 1.29 is 27.8 Å². The minimum absolute atomic E-state index is 0.0104. The van der Waals surface area contributed by atoms with E-state index in [-0.39, 0.29) is 36.2 Å². The molecule has 0 unspecified atom stereocenters. The van der Waals surface area contributed by atoms with Crippen LogP contribution in [0.1, 0.15) is 16.8 Å². The Hall–Kier alpha value is -3.53. The third kappa shape index (κ3) is 4.80. The molecule has 0 radical (unpaired) electrons. The molecule has 7 nitrogen and oxygen atoms in total. The predicted octanol–water partition coefficient (Wildman–Crippen LogP) is 3.62. The van der Waals surface area contributed by atoms with Gasteiger partial charge in [0.05, 0.1) is 26.0 Å². The van der Waals surface area contributed by atoms with Gasteiger partial charge in [-0.25, -0.2) is 13.2 Å². The quantitative estimate of drug-likeness (QED) is 0.436. The average molecular weight is 435 g/mol. The minimum atomic E-state index is -1.57. The molecule has 0 saturated heterocycles. The molecule has 0 fully saturated rings. The molecule has 0 spiro atoms. The van der Waals surface area contributed by atoms with Crippen LogP contribution in [0.15, 0.2) is 35.1 Å². The van der Waals surface area contributed by atoms with Crippen molar-refractivity contribution in [2.75, 3.05) is 19.5 Å². The summed E-state index contributed by atoms with van der Waals surface area (Å²) in [6.07, 6.45) is 0. The van der Waals surface area contributed by atoms with Crippen molar-refractivity contribution in [3.05, 3.63) is 75.0 Å². The predicted molar refractivity (Wildman–Crippen MR) is 107 cm³/mol. The van der Waals surface area contributed by atoms with Gasteiger partial charge in [0, 0.05) is 24.9 Å². The van der Waals surface area contributed by atoms with Gasteiger partial charge < -0.3 is 24.5 Å². The number of aromatic hydroxyl groups is 1. The summed E-state index contributed by atoms with van der Waals surface area (Å²) < 4.78 is 52.5. The Kier molecular flexibility index (Phi) is 6.50. The molecule has 2 N–H and O–H groups in total. The van der Waals surface area contributed by atoms with Crippen molar-refractivity contribution in [2.24, 2.45) is 0 Å². The van der Waals surface area contributed by atoms with E-state index < -0.39 is 23.0 Å². The molecule has 0 amide bonds. The number of hydrogen-bond donors (Lipinski definition) is 2. The van der Waals surface area contributed by atoms with Crippen LogP contribution in [0.4, 0.5) is 24.8 Å². The lowest BCUT2D eigenvalue weighted by molar-refractivity contribution is 0.177. The molecule has 1 aromatic heterocycles. The minimum Gasteiger partial charge on any atom is -0.504 e. The van der Waals surface area contributed by atoms with Crippen molar-refractivity contribution >= 4 is 11.6 Å². The normalized spacial score (nSPS) is 10.9. The smallest absolute Gasteiger partial charge is 0.274 e. The summed E-state index contributed by atoms with van der Waals surface area (Å²) >= 11 is 0. The highest BCUT2D eigenvalue weighted by molar-refractivity contribution is 5.64. The second-order valence-corrected chi connectivity index (χ2v) is 6.77. The second-order valence-electron chi connectivity index (χ2n) is 6.77. The van der Waals surface area contributed by atoms with E-state index in [1.165, 1.54) is 37.0 Å². The Morgan fingerprint density at radius 3 is 2.39 bits per heavy atom. The Bertz CT molecular complexity index is 1160. The summed E-state index contributed by atoms with van der Waals surface area (Å²) in [6, 6.07) is 5.95. The largest absolute Gasteiger partial charge is 0.504 e. The van der Waals surface area contributed by atoms with Crippen LogP contribution in [0.25, 0.3) is 0 Å². The molecule has 3 rings (SSSR count). The lowest BCUT2D eigenvalue weighted by atomic mass is 10.1. The maximum atomic E-state index is 13.7. The van der Waals surface area contributed by atoms with E-state index >= 15 is 0 Å². The van der Waals surface area contributed by atoms with Gasteiger partial charge in [-0.1, -0.05) is 0 Å². The maximum Gasteiger partial charge on any atom is 0.274 e. The highest BCUT2D eigenvalue weighted by atomic mass is 19.2. The average Bonchev–Trinajstić information content (AvgIpc) is 2.70. The van der Waals surface area contributed by atoms with Crippen LogP contribution in [0.5, 0.6) is 11.5 Å². The second kappa shape index (κ2) is 9.09. The lowest BCUT2D eigenvalue weighted by Gasteiger charge is -2.20. The van der Waals surface area contributed by atoms with Gasteiger partial charge in [-0.3, -0.25) is 4.79 Å². The molecule has 0 atom stereocenters. The summed E-state index contributed by atoms with van der Waals surface area (Å²) in [4.78, 5) is 16.1. The first-order valence-corrected chi connectivity index (χ1v) is 9.11. The highest BCUT2D eigenvalue weighted by Gasteiger charge is 2.16. The fraction of sp³-hybridized carbons (Fsp3) is 0.238. The van der Waals surface area contributed by atoms with Gasteiger partial charge in [-0.2, -0.15) is 4.98 Å². The van der Waals surface area contributed by atoms with E-state index in [2.05, 4.69) is 10.3 Å². The molecule has 31 heavy (non-hydrogen) atoms. The van der Waals surface area contributed by atoms with E-state index in [1.54, 1.807) is 6.92 Å². The van der Waals surface area contributed by atoms with Crippen LogP contribution in [-0.4, -0.2) is 28.9 Å². The molecule has 0 saturated carbocycles. The first-order chi connectivity index (χ1) is 14.7. The van der Waals surface area contributed by atoms with Crippen molar-refractivity contribution in [1.29, 1.82) is 0 Å². The van der Waals surface area contributed by atoms with Crippen molar-refractivity contribution in [3.63, 3.8) is 0 Å². The number of aromatic nitrogens is 2. The van der Waals surface area contributed by atoms with Gasteiger partial charge in [0.1, 0.15) is 0 Å². The van der Waals surface area contributed by atoms with Gasteiger partial charge in [-0.15, -0.1) is 0 Å². The third-order valence-electron chi connectivity index (χ3n) is 4.56. The standard InChI is InChI=1S/C21H20F3N3O4/c1-11-4-17(28)18(31-3)8-16(11)25-21-26-19(29)7-13(10-30-2)27(21)9-12-5-14(22)20(24)15(23)6-12/h4-8,28H,9-10H2,1-3H3,(H,25,26,29). The zero-order chi connectivity index (χ0) is 22.7. The first kappa shape index (κ1) is 22.2. The van der Waals surface area contributed by atoms with Crippen LogP contribution in [0.3, 0.4) is 0 Å². The first-order valence-electron chi connectivity index (χ1n) is 9.11. The molecular weight excluding hydrogens is 415 g/mol. The van der Waals surface area contributed by atoms with Crippen LogP contribution >= 0.6 is 0 Å². The Labute approximate surface area is 175 Å². The zero-order valence-electron chi connectivity index (χ0n) is 17.0. The topological polar surface area (TPSA) is 85.6 Å².